The molecule has 2 N–H and O–H groups in total. The molecule has 1 aromatic carbocycles. The Labute approximate surface area is 170 Å². The van der Waals surface area contributed by atoms with Crippen molar-refractivity contribution in [1.82, 2.24) is 4.31 Å². The van der Waals surface area contributed by atoms with Gasteiger partial charge in [-0.2, -0.15) is 4.31 Å². The summed E-state index contributed by atoms with van der Waals surface area (Å²) in [5.74, 6) is 0.599. The maximum atomic E-state index is 12.9. The van der Waals surface area contributed by atoms with E-state index in [1.807, 2.05) is 12.1 Å². The molecule has 7 heteroatoms. The lowest BCUT2D eigenvalue weighted by atomic mass is 9.84. The molecule has 154 valence electrons. The lowest BCUT2D eigenvalue weighted by molar-refractivity contribution is 0.0209. The third kappa shape index (κ3) is 5.91. The molecule has 1 saturated carbocycles. The lowest BCUT2D eigenvalue weighted by Gasteiger charge is -2.31. The van der Waals surface area contributed by atoms with Crippen LogP contribution in [-0.4, -0.2) is 45.1 Å². The number of piperidine rings is 1. The molecular weight excluding hydrogens is 384 g/mol. The Morgan fingerprint density at radius 2 is 1.63 bits per heavy atom. The van der Waals surface area contributed by atoms with E-state index in [4.69, 9.17) is 10.5 Å². The second-order valence-electron chi connectivity index (χ2n) is 7.52. The first-order valence-corrected chi connectivity index (χ1v) is 11.5. The molecule has 1 aliphatic heterocycles. The van der Waals surface area contributed by atoms with Crippen LogP contribution in [0.15, 0.2) is 29.2 Å². The van der Waals surface area contributed by atoms with E-state index in [0.29, 0.717) is 37.1 Å². The van der Waals surface area contributed by atoms with E-state index in [-0.39, 0.29) is 18.5 Å². The number of hydrogen-bond donors (Lipinski definition) is 1. The molecule has 0 bridgehead atoms. The zero-order chi connectivity index (χ0) is 18.4. The van der Waals surface area contributed by atoms with Crippen molar-refractivity contribution in [3.05, 3.63) is 29.8 Å². The fourth-order valence-electron chi connectivity index (χ4n) is 4.07. The second kappa shape index (κ2) is 10.8. The third-order valence-corrected chi connectivity index (χ3v) is 7.61. The minimum Gasteiger partial charge on any atom is -0.378 e. The summed E-state index contributed by atoms with van der Waals surface area (Å²) in [7, 11) is -3.40. The summed E-state index contributed by atoms with van der Waals surface area (Å²) in [6, 6.07) is 7.63. The quantitative estimate of drug-likeness (QED) is 0.688. The molecule has 0 unspecified atom stereocenters. The van der Waals surface area contributed by atoms with E-state index in [0.717, 1.165) is 19.3 Å². The maximum Gasteiger partial charge on any atom is 0.243 e. The van der Waals surface area contributed by atoms with Gasteiger partial charge in [-0.05, 0) is 62.3 Å². The largest absolute Gasteiger partial charge is 0.378 e. The molecule has 2 aliphatic rings. The van der Waals surface area contributed by atoms with E-state index < -0.39 is 10.0 Å². The molecule has 5 nitrogen and oxygen atoms in total. The highest BCUT2D eigenvalue weighted by atomic mass is 35.5. The van der Waals surface area contributed by atoms with E-state index in [1.165, 1.54) is 37.7 Å². The summed E-state index contributed by atoms with van der Waals surface area (Å²) in [5.41, 5.74) is 6.77. The molecule has 1 aliphatic carbocycles. The number of sulfonamides is 1. The van der Waals surface area contributed by atoms with Gasteiger partial charge in [0.1, 0.15) is 0 Å². The van der Waals surface area contributed by atoms with Crippen molar-refractivity contribution in [2.24, 2.45) is 5.73 Å². The standard InChI is InChI=1S/C20H32N2O3S.ClH/c21-13-4-16-25-19-11-14-22(15-12-19)26(23,24)20-9-7-18(8-10-20)17-5-2-1-3-6-17;/h7-10,17,19H,1-6,11-16,21H2;1H. The van der Waals surface area contributed by atoms with Crippen LogP contribution in [0, 0.1) is 0 Å². The van der Waals surface area contributed by atoms with Crippen molar-refractivity contribution >= 4 is 22.4 Å². The van der Waals surface area contributed by atoms with Gasteiger partial charge in [-0.25, -0.2) is 8.42 Å². The Balaban J connectivity index is 0.00000261. The molecule has 0 aromatic heterocycles. The molecule has 1 aromatic rings. The number of nitrogens with zero attached hydrogens (tertiary/aromatic N) is 1. The predicted molar refractivity (Wildman–Crippen MR) is 111 cm³/mol. The van der Waals surface area contributed by atoms with Crippen LogP contribution < -0.4 is 5.73 Å². The average molecular weight is 417 g/mol. The van der Waals surface area contributed by atoms with Gasteiger partial charge >= 0.3 is 0 Å². The molecule has 0 atom stereocenters. The van der Waals surface area contributed by atoms with Gasteiger partial charge < -0.3 is 10.5 Å². The Kier molecular flexibility index (Phi) is 9.02. The van der Waals surface area contributed by atoms with Crippen LogP contribution in [-0.2, 0) is 14.8 Å². The average Bonchev–Trinajstić information content (AvgIpc) is 2.69. The van der Waals surface area contributed by atoms with Crippen LogP contribution in [0.25, 0.3) is 0 Å². The monoisotopic (exact) mass is 416 g/mol. The number of nitrogens with two attached hydrogens (primary N) is 1. The highest BCUT2D eigenvalue weighted by molar-refractivity contribution is 7.89. The number of benzene rings is 1. The summed E-state index contributed by atoms with van der Waals surface area (Å²) >= 11 is 0. The highest BCUT2D eigenvalue weighted by Gasteiger charge is 2.29. The van der Waals surface area contributed by atoms with Gasteiger partial charge in [0.25, 0.3) is 0 Å². The molecule has 0 radical (unpaired) electrons. The van der Waals surface area contributed by atoms with Gasteiger partial charge in [0.15, 0.2) is 0 Å². The van der Waals surface area contributed by atoms with Crippen LogP contribution in [0.5, 0.6) is 0 Å². The van der Waals surface area contributed by atoms with Crippen molar-refractivity contribution in [2.45, 2.75) is 68.3 Å². The van der Waals surface area contributed by atoms with Crippen molar-refractivity contribution in [3.63, 3.8) is 0 Å². The van der Waals surface area contributed by atoms with Gasteiger partial charge in [0, 0.05) is 19.7 Å². The minimum atomic E-state index is -3.40. The Morgan fingerprint density at radius 1 is 1.00 bits per heavy atom. The zero-order valence-corrected chi connectivity index (χ0v) is 17.6. The molecular formula is C20H33ClN2O3S. The van der Waals surface area contributed by atoms with Crippen molar-refractivity contribution in [3.8, 4) is 0 Å². The zero-order valence-electron chi connectivity index (χ0n) is 16.0. The van der Waals surface area contributed by atoms with Crippen molar-refractivity contribution < 1.29 is 13.2 Å². The normalized spacial score (nSPS) is 20.3. The Morgan fingerprint density at radius 3 is 2.22 bits per heavy atom. The van der Waals surface area contributed by atoms with Gasteiger partial charge in [-0.1, -0.05) is 31.4 Å². The minimum absolute atomic E-state index is 0. The van der Waals surface area contributed by atoms with Gasteiger partial charge in [-0.3, -0.25) is 0 Å². The molecule has 2 fully saturated rings. The van der Waals surface area contributed by atoms with Crippen LogP contribution in [0.2, 0.25) is 0 Å². The number of halogens is 1. The molecule has 3 rings (SSSR count). The molecule has 27 heavy (non-hydrogen) atoms. The predicted octanol–water partition coefficient (Wildman–Crippen LogP) is 3.67. The number of hydrogen-bond acceptors (Lipinski definition) is 4. The first kappa shape index (κ1) is 22.6. The van der Waals surface area contributed by atoms with Gasteiger partial charge in [-0.15, -0.1) is 12.4 Å². The summed E-state index contributed by atoms with van der Waals surface area (Å²) in [6.45, 7) is 2.35. The molecule has 0 spiro atoms. The van der Waals surface area contributed by atoms with Gasteiger partial charge in [0.2, 0.25) is 10.0 Å². The lowest BCUT2D eigenvalue weighted by Crippen LogP contribution is -2.41. The first-order chi connectivity index (χ1) is 12.6. The van der Waals surface area contributed by atoms with E-state index >= 15 is 0 Å². The molecule has 1 saturated heterocycles. The summed E-state index contributed by atoms with van der Waals surface area (Å²) in [5, 5.41) is 0. The van der Waals surface area contributed by atoms with Crippen LogP contribution in [0.3, 0.4) is 0 Å². The third-order valence-electron chi connectivity index (χ3n) is 5.70. The Hall–Kier alpha value is -0.660. The summed E-state index contributed by atoms with van der Waals surface area (Å²) in [6.07, 6.45) is 8.86. The first-order valence-electron chi connectivity index (χ1n) is 10.0. The maximum absolute atomic E-state index is 12.9. The van der Waals surface area contributed by atoms with Crippen LogP contribution >= 0.6 is 12.4 Å². The van der Waals surface area contributed by atoms with E-state index in [9.17, 15) is 8.42 Å². The van der Waals surface area contributed by atoms with Crippen LogP contribution in [0.1, 0.15) is 62.8 Å². The van der Waals surface area contributed by atoms with Crippen molar-refractivity contribution in [1.29, 1.82) is 0 Å². The topological polar surface area (TPSA) is 72.6 Å². The fourth-order valence-corrected chi connectivity index (χ4v) is 5.54. The summed E-state index contributed by atoms with van der Waals surface area (Å²) < 4.78 is 33.2. The van der Waals surface area contributed by atoms with Crippen LogP contribution in [0.4, 0.5) is 0 Å². The SMILES string of the molecule is Cl.NCCCOC1CCN(S(=O)(=O)c2ccc(C3CCCCC3)cc2)CC1. The highest BCUT2D eigenvalue weighted by Crippen LogP contribution is 2.33. The molecule has 1 heterocycles. The number of rotatable bonds is 7. The molecule has 0 amide bonds. The van der Waals surface area contributed by atoms with Crippen molar-refractivity contribution in [2.75, 3.05) is 26.2 Å². The van der Waals surface area contributed by atoms with E-state index in [2.05, 4.69) is 0 Å². The van der Waals surface area contributed by atoms with Gasteiger partial charge in [0.05, 0.1) is 11.0 Å². The number of ether oxygens (including phenoxy) is 1. The Bertz CT molecular complexity index is 652. The second-order valence-corrected chi connectivity index (χ2v) is 9.46. The smallest absolute Gasteiger partial charge is 0.243 e. The summed E-state index contributed by atoms with van der Waals surface area (Å²) in [4.78, 5) is 0.416. The van der Waals surface area contributed by atoms with E-state index in [1.54, 1.807) is 16.4 Å². The fraction of sp³-hybridized carbons (Fsp3) is 0.700.